The lowest BCUT2D eigenvalue weighted by molar-refractivity contribution is -0.0390. The normalized spacial score (nSPS) is 26.4. The topological polar surface area (TPSA) is 39.7 Å². The molecule has 1 aromatic rings. The van der Waals surface area contributed by atoms with Crippen molar-refractivity contribution in [3.63, 3.8) is 0 Å². The van der Waals surface area contributed by atoms with Gasteiger partial charge in [-0.15, -0.1) is 0 Å². The van der Waals surface area contributed by atoms with E-state index < -0.39 is 0 Å². The summed E-state index contributed by atoms with van der Waals surface area (Å²) in [6, 6.07) is 9.21. The Hall–Kier alpha value is -0.940. The molecular weight excluding hydrogens is 278 g/mol. The van der Waals surface area contributed by atoms with Gasteiger partial charge in [-0.2, -0.15) is 0 Å². The highest BCUT2D eigenvalue weighted by molar-refractivity contribution is 5.22. The maximum Gasteiger partial charge on any atom is 0.0720 e. The lowest BCUT2D eigenvalue weighted by Crippen LogP contribution is -2.34. The molecular formula is C18H27NO3. The minimum atomic E-state index is 0.326. The molecule has 0 amide bonds. The number of benzene rings is 1. The van der Waals surface area contributed by atoms with Gasteiger partial charge in [-0.25, -0.2) is 0 Å². The second-order valence-electron chi connectivity index (χ2n) is 6.29. The van der Waals surface area contributed by atoms with Crippen LogP contribution in [0.25, 0.3) is 0 Å². The van der Waals surface area contributed by atoms with Gasteiger partial charge in [-0.1, -0.05) is 24.3 Å². The Morgan fingerprint density at radius 3 is 2.45 bits per heavy atom. The van der Waals surface area contributed by atoms with Gasteiger partial charge in [-0.05, 0) is 37.3 Å². The Bertz CT molecular complexity index is 442. The summed E-state index contributed by atoms with van der Waals surface area (Å²) < 4.78 is 16.9. The molecule has 2 aliphatic rings. The molecule has 2 saturated heterocycles. The molecule has 3 rings (SSSR count). The fourth-order valence-electron chi connectivity index (χ4n) is 3.06. The number of ether oxygens (including phenoxy) is 3. The first-order valence-electron chi connectivity index (χ1n) is 8.43. The average Bonchev–Trinajstić information content (AvgIpc) is 2.98. The maximum atomic E-state index is 5.95. The third-order valence-corrected chi connectivity index (χ3v) is 4.62. The summed E-state index contributed by atoms with van der Waals surface area (Å²) in [7, 11) is 0. The van der Waals surface area contributed by atoms with Crippen molar-refractivity contribution in [1.29, 1.82) is 0 Å². The summed E-state index contributed by atoms with van der Waals surface area (Å²) in [5.74, 6) is 0. The van der Waals surface area contributed by atoms with E-state index in [-0.39, 0.29) is 0 Å². The van der Waals surface area contributed by atoms with Crippen LogP contribution in [0.2, 0.25) is 0 Å². The fraction of sp³-hybridized carbons (Fsp3) is 0.667. The van der Waals surface area contributed by atoms with Crippen LogP contribution in [0.1, 0.15) is 37.3 Å². The minimum absolute atomic E-state index is 0.326. The van der Waals surface area contributed by atoms with Crippen LogP contribution in [0.4, 0.5) is 0 Å². The minimum Gasteiger partial charge on any atom is -0.381 e. The Labute approximate surface area is 133 Å². The van der Waals surface area contributed by atoms with Gasteiger partial charge in [0.25, 0.3) is 0 Å². The van der Waals surface area contributed by atoms with Gasteiger partial charge in [0.2, 0.25) is 0 Å². The van der Waals surface area contributed by atoms with Crippen molar-refractivity contribution in [2.24, 2.45) is 0 Å². The second-order valence-corrected chi connectivity index (χ2v) is 6.29. The van der Waals surface area contributed by atoms with Crippen LogP contribution in [0.15, 0.2) is 24.3 Å². The van der Waals surface area contributed by atoms with Crippen LogP contribution >= 0.6 is 0 Å². The zero-order chi connectivity index (χ0) is 15.2. The van der Waals surface area contributed by atoms with E-state index in [0.29, 0.717) is 24.9 Å². The first kappa shape index (κ1) is 15.9. The highest BCUT2D eigenvalue weighted by Gasteiger charge is 2.23. The van der Waals surface area contributed by atoms with Gasteiger partial charge < -0.3 is 19.5 Å². The lowest BCUT2D eigenvalue weighted by Gasteiger charge is -2.22. The molecule has 0 spiro atoms. The number of hydrogen-bond donors (Lipinski definition) is 1. The lowest BCUT2D eigenvalue weighted by atomic mass is 10.1. The van der Waals surface area contributed by atoms with Crippen LogP contribution in [-0.2, 0) is 27.4 Å². The van der Waals surface area contributed by atoms with Gasteiger partial charge in [-0.3, -0.25) is 0 Å². The highest BCUT2D eigenvalue weighted by atomic mass is 16.5. The number of rotatable bonds is 6. The van der Waals surface area contributed by atoms with Gasteiger partial charge in [0, 0.05) is 32.4 Å². The first-order chi connectivity index (χ1) is 10.8. The van der Waals surface area contributed by atoms with E-state index >= 15 is 0 Å². The molecule has 0 radical (unpaired) electrons. The predicted octanol–water partition coefficient (Wildman–Crippen LogP) is 2.65. The van der Waals surface area contributed by atoms with Crippen molar-refractivity contribution in [1.82, 2.24) is 5.32 Å². The Kier molecular flexibility index (Phi) is 5.84. The molecule has 122 valence electrons. The predicted molar refractivity (Wildman–Crippen MR) is 85.7 cm³/mol. The van der Waals surface area contributed by atoms with Crippen LogP contribution in [0, 0.1) is 0 Å². The van der Waals surface area contributed by atoms with Crippen molar-refractivity contribution in [3.05, 3.63) is 35.4 Å². The Morgan fingerprint density at radius 2 is 1.77 bits per heavy atom. The van der Waals surface area contributed by atoms with Gasteiger partial charge in [0.05, 0.1) is 18.8 Å². The summed E-state index contributed by atoms with van der Waals surface area (Å²) >= 11 is 0. The largest absolute Gasteiger partial charge is 0.381 e. The molecule has 0 aliphatic carbocycles. The molecule has 2 unspecified atom stereocenters. The molecule has 2 fully saturated rings. The highest BCUT2D eigenvalue weighted by Crippen LogP contribution is 2.15. The molecule has 0 saturated carbocycles. The SMILES string of the molecule is CC1OCCC1NCc1ccc(COC2CCOCC2)cc1. The zero-order valence-corrected chi connectivity index (χ0v) is 13.4. The van der Waals surface area contributed by atoms with Gasteiger partial charge >= 0.3 is 0 Å². The van der Waals surface area contributed by atoms with E-state index in [2.05, 4.69) is 36.5 Å². The summed E-state index contributed by atoms with van der Waals surface area (Å²) in [5, 5.41) is 3.58. The van der Waals surface area contributed by atoms with Crippen LogP contribution in [0.5, 0.6) is 0 Å². The summed E-state index contributed by atoms with van der Waals surface area (Å²) in [6.07, 6.45) is 3.83. The molecule has 2 atom stereocenters. The number of nitrogens with one attached hydrogen (secondary N) is 1. The molecule has 4 heteroatoms. The molecule has 1 N–H and O–H groups in total. The quantitative estimate of drug-likeness (QED) is 0.877. The molecule has 1 aromatic carbocycles. The van der Waals surface area contributed by atoms with Gasteiger partial charge in [0.1, 0.15) is 0 Å². The maximum absolute atomic E-state index is 5.95. The van der Waals surface area contributed by atoms with Crippen molar-refractivity contribution >= 4 is 0 Å². The second kappa shape index (κ2) is 8.06. The van der Waals surface area contributed by atoms with E-state index in [9.17, 15) is 0 Å². The first-order valence-corrected chi connectivity index (χ1v) is 8.43. The summed E-state index contributed by atoms with van der Waals surface area (Å²) in [6.45, 7) is 6.28. The van der Waals surface area contributed by atoms with E-state index in [1.54, 1.807) is 0 Å². The molecule has 2 aliphatic heterocycles. The van der Waals surface area contributed by atoms with E-state index in [4.69, 9.17) is 14.2 Å². The molecule has 0 aromatic heterocycles. The van der Waals surface area contributed by atoms with E-state index in [0.717, 1.165) is 45.6 Å². The smallest absolute Gasteiger partial charge is 0.0720 e. The monoisotopic (exact) mass is 305 g/mol. The Morgan fingerprint density at radius 1 is 1.05 bits per heavy atom. The third kappa shape index (κ3) is 4.53. The van der Waals surface area contributed by atoms with E-state index in [1.165, 1.54) is 11.1 Å². The summed E-state index contributed by atoms with van der Waals surface area (Å²) in [4.78, 5) is 0. The molecule has 22 heavy (non-hydrogen) atoms. The van der Waals surface area contributed by atoms with Crippen LogP contribution < -0.4 is 5.32 Å². The van der Waals surface area contributed by atoms with Crippen molar-refractivity contribution in [3.8, 4) is 0 Å². The standard InChI is InChI=1S/C18H27NO3/c1-14-18(8-11-21-14)19-12-15-2-4-16(5-3-15)13-22-17-6-9-20-10-7-17/h2-5,14,17-19H,6-13H2,1H3. The zero-order valence-electron chi connectivity index (χ0n) is 13.4. The fourth-order valence-corrected chi connectivity index (χ4v) is 3.06. The average molecular weight is 305 g/mol. The number of hydrogen-bond acceptors (Lipinski definition) is 4. The van der Waals surface area contributed by atoms with Crippen LogP contribution in [0.3, 0.4) is 0 Å². The third-order valence-electron chi connectivity index (χ3n) is 4.62. The molecule has 4 nitrogen and oxygen atoms in total. The molecule has 2 heterocycles. The molecule has 0 bridgehead atoms. The summed E-state index contributed by atoms with van der Waals surface area (Å²) in [5.41, 5.74) is 2.56. The van der Waals surface area contributed by atoms with E-state index in [1.807, 2.05) is 0 Å². The Balaban J connectivity index is 1.41. The van der Waals surface area contributed by atoms with Crippen molar-refractivity contribution < 1.29 is 14.2 Å². The van der Waals surface area contributed by atoms with Gasteiger partial charge in [0.15, 0.2) is 0 Å². The van der Waals surface area contributed by atoms with Crippen molar-refractivity contribution in [2.45, 2.75) is 57.6 Å². The van der Waals surface area contributed by atoms with Crippen molar-refractivity contribution in [2.75, 3.05) is 19.8 Å². The van der Waals surface area contributed by atoms with Crippen LogP contribution in [-0.4, -0.2) is 38.1 Å².